The second-order valence-corrected chi connectivity index (χ2v) is 5.07. The molecule has 0 radical (unpaired) electrons. The van der Waals surface area contributed by atoms with Gasteiger partial charge in [0.15, 0.2) is 0 Å². The van der Waals surface area contributed by atoms with Crippen LogP contribution in [0.1, 0.15) is 64.2 Å². The first kappa shape index (κ1) is 14.6. The summed E-state index contributed by atoms with van der Waals surface area (Å²) in [5.74, 6) is 0. The Morgan fingerprint density at radius 1 is 0.882 bits per heavy atom. The van der Waals surface area contributed by atoms with Gasteiger partial charge in [-0.25, -0.2) is 0 Å². The van der Waals surface area contributed by atoms with Gasteiger partial charge in [-0.15, -0.1) is 0 Å². The van der Waals surface area contributed by atoms with Crippen molar-refractivity contribution in [2.75, 3.05) is 7.11 Å². The molecule has 0 N–H and O–H groups in total. The molecule has 0 amide bonds. The summed E-state index contributed by atoms with van der Waals surface area (Å²) in [6.45, 7) is 3.67. The average molecular weight is 240 g/mol. The molecule has 0 heterocycles. The van der Waals surface area contributed by atoms with Gasteiger partial charge < -0.3 is 9.47 Å². The maximum atomic E-state index is 5.60. The van der Waals surface area contributed by atoms with Crippen molar-refractivity contribution in [3.63, 3.8) is 0 Å². The summed E-state index contributed by atoms with van der Waals surface area (Å²) in [5.41, 5.74) is 0. The van der Waals surface area contributed by atoms with Crippen LogP contribution in [-0.2, 0) is 9.47 Å². The maximum absolute atomic E-state index is 5.60. The van der Waals surface area contributed by atoms with Crippen molar-refractivity contribution in [2.45, 2.75) is 76.4 Å². The summed E-state index contributed by atoms with van der Waals surface area (Å²) in [4.78, 5) is 0. The molecule has 0 aliphatic heterocycles. The molecule has 2 nitrogen and oxygen atoms in total. The zero-order valence-electron chi connectivity index (χ0n) is 11.3. The van der Waals surface area contributed by atoms with E-state index in [0.717, 1.165) is 12.8 Å². The van der Waals surface area contributed by atoms with Crippen LogP contribution < -0.4 is 0 Å². The van der Waals surface area contributed by atoms with Crippen LogP contribution in [0.15, 0.2) is 12.8 Å². The molecule has 100 valence electrons. The lowest BCUT2D eigenvalue weighted by molar-refractivity contribution is 0.0278. The van der Waals surface area contributed by atoms with E-state index in [1.165, 1.54) is 51.4 Å². The summed E-state index contributed by atoms with van der Waals surface area (Å²) in [7, 11) is 1.82. The van der Waals surface area contributed by atoms with Crippen LogP contribution in [0, 0.1) is 0 Å². The Labute approximate surface area is 106 Å². The minimum atomic E-state index is 0.303. The average Bonchev–Trinajstić information content (AvgIpc) is 2.32. The Bertz CT molecular complexity index is 191. The summed E-state index contributed by atoms with van der Waals surface area (Å²) in [6, 6.07) is 0. The molecule has 0 aromatic heterocycles. The summed E-state index contributed by atoms with van der Waals surface area (Å²) < 4.78 is 11.2. The standard InChI is InChI=1S/C15H28O2/c1-3-17-15-12-10-8-6-4-5-7-9-11-14(13-15)16-2/h3,14-15H,1,4-13H2,2H3. The molecule has 2 unspecified atom stereocenters. The highest BCUT2D eigenvalue weighted by atomic mass is 16.5. The molecule has 1 fully saturated rings. The van der Waals surface area contributed by atoms with E-state index in [4.69, 9.17) is 9.47 Å². The van der Waals surface area contributed by atoms with E-state index >= 15 is 0 Å². The van der Waals surface area contributed by atoms with E-state index in [0.29, 0.717) is 12.2 Å². The van der Waals surface area contributed by atoms with Gasteiger partial charge in [-0.05, 0) is 19.3 Å². The fourth-order valence-electron chi connectivity index (χ4n) is 2.63. The molecule has 0 bridgehead atoms. The van der Waals surface area contributed by atoms with Crippen molar-refractivity contribution in [1.29, 1.82) is 0 Å². The van der Waals surface area contributed by atoms with Gasteiger partial charge >= 0.3 is 0 Å². The van der Waals surface area contributed by atoms with Crippen LogP contribution in [0.25, 0.3) is 0 Å². The molecule has 1 rings (SSSR count). The third-order valence-electron chi connectivity index (χ3n) is 3.70. The zero-order valence-corrected chi connectivity index (χ0v) is 11.3. The second kappa shape index (κ2) is 9.52. The van der Waals surface area contributed by atoms with Crippen LogP contribution >= 0.6 is 0 Å². The van der Waals surface area contributed by atoms with Gasteiger partial charge in [-0.3, -0.25) is 0 Å². The molecular formula is C15H28O2. The third-order valence-corrected chi connectivity index (χ3v) is 3.70. The van der Waals surface area contributed by atoms with Gasteiger partial charge in [0.05, 0.1) is 12.4 Å². The fraction of sp³-hybridized carbons (Fsp3) is 0.867. The lowest BCUT2D eigenvalue weighted by atomic mass is 9.97. The number of hydrogen-bond acceptors (Lipinski definition) is 2. The number of rotatable bonds is 3. The molecule has 2 atom stereocenters. The Kier molecular flexibility index (Phi) is 8.16. The summed E-state index contributed by atoms with van der Waals surface area (Å²) in [6.07, 6.45) is 15.0. The van der Waals surface area contributed by atoms with Crippen LogP contribution in [0.5, 0.6) is 0 Å². The molecule has 1 aliphatic rings. The van der Waals surface area contributed by atoms with Crippen molar-refractivity contribution < 1.29 is 9.47 Å². The first-order valence-corrected chi connectivity index (χ1v) is 7.16. The summed E-state index contributed by atoms with van der Waals surface area (Å²) >= 11 is 0. The number of ether oxygens (including phenoxy) is 2. The Hall–Kier alpha value is -0.500. The van der Waals surface area contributed by atoms with Crippen LogP contribution in [-0.4, -0.2) is 19.3 Å². The first-order valence-electron chi connectivity index (χ1n) is 7.16. The van der Waals surface area contributed by atoms with E-state index in [1.54, 1.807) is 6.26 Å². The van der Waals surface area contributed by atoms with E-state index in [1.807, 2.05) is 7.11 Å². The van der Waals surface area contributed by atoms with Gasteiger partial charge in [-0.1, -0.05) is 45.1 Å². The highest BCUT2D eigenvalue weighted by Gasteiger charge is 2.16. The molecule has 0 spiro atoms. The predicted molar refractivity (Wildman–Crippen MR) is 72.0 cm³/mol. The monoisotopic (exact) mass is 240 g/mol. The van der Waals surface area contributed by atoms with Crippen molar-refractivity contribution in [3.8, 4) is 0 Å². The van der Waals surface area contributed by atoms with Gasteiger partial charge in [0.2, 0.25) is 0 Å². The van der Waals surface area contributed by atoms with E-state index < -0.39 is 0 Å². The van der Waals surface area contributed by atoms with E-state index in [9.17, 15) is 0 Å². The molecule has 0 aromatic carbocycles. The Balaban J connectivity index is 2.41. The van der Waals surface area contributed by atoms with Crippen LogP contribution in [0.3, 0.4) is 0 Å². The Morgan fingerprint density at radius 2 is 1.41 bits per heavy atom. The van der Waals surface area contributed by atoms with Crippen molar-refractivity contribution in [1.82, 2.24) is 0 Å². The highest BCUT2D eigenvalue weighted by molar-refractivity contribution is 4.70. The van der Waals surface area contributed by atoms with Gasteiger partial charge in [0.1, 0.15) is 6.10 Å². The first-order chi connectivity index (χ1) is 8.36. The highest BCUT2D eigenvalue weighted by Crippen LogP contribution is 2.20. The van der Waals surface area contributed by atoms with Gasteiger partial charge in [-0.2, -0.15) is 0 Å². The van der Waals surface area contributed by atoms with Gasteiger partial charge in [0.25, 0.3) is 0 Å². The normalized spacial score (nSPS) is 28.8. The lowest BCUT2D eigenvalue weighted by Gasteiger charge is -2.23. The van der Waals surface area contributed by atoms with Crippen molar-refractivity contribution >= 4 is 0 Å². The van der Waals surface area contributed by atoms with Gasteiger partial charge in [0, 0.05) is 13.5 Å². The predicted octanol–water partition coefficient (Wildman–Crippen LogP) is 4.44. The summed E-state index contributed by atoms with van der Waals surface area (Å²) in [5, 5.41) is 0. The molecule has 1 saturated carbocycles. The fourth-order valence-corrected chi connectivity index (χ4v) is 2.63. The molecule has 0 aromatic rings. The molecule has 17 heavy (non-hydrogen) atoms. The third kappa shape index (κ3) is 6.72. The van der Waals surface area contributed by atoms with Crippen LogP contribution in [0.2, 0.25) is 0 Å². The number of hydrogen-bond donors (Lipinski definition) is 0. The smallest absolute Gasteiger partial charge is 0.100 e. The van der Waals surface area contributed by atoms with Crippen molar-refractivity contribution in [2.24, 2.45) is 0 Å². The minimum Gasteiger partial charge on any atom is -0.499 e. The topological polar surface area (TPSA) is 18.5 Å². The SMILES string of the molecule is C=COC1CCCCCCCCCC(OC)C1. The molecular weight excluding hydrogens is 212 g/mol. The van der Waals surface area contributed by atoms with Crippen LogP contribution in [0.4, 0.5) is 0 Å². The molecule has 1 aliphatic carbocycles. The van der Waals surface area contributed by atoms with E-state index in [2.05, 4.69) is 6.58 Å². The zero-order chi connectivity index (χ0) is 12.3. The second-order valence-electron chi connectivity index (χ2n) is 5.07. The van der Waals surface area contributed by atoms with Crippen molar-refractivity contribution in [3.05, 3.63) is 12.8 Å². The Morgan fingerprint density at radius 3 is 1.94 bits per heavy atom. The minimum absolute atomic E-state index is 0.303. The molecule has 2 heteroatoms. The largest absolute Gasteiger partial charge is 0.499 e. The van der Waals surface area contributed by atoms with E-state index in [-0.39, 0.29) is 0 Å². The number of methoxy groups -OCH3 is 1. The molecule has 0 saturated heterocycles. The lowest BCUT2D eigenvalue weighted by Crippen LogP contribution is -2.21. The maximum Gasteiger partial charge on any atom is 0.100 e. The quantitative estimate of drug-likeness (QED) is 0.679.